The van der Waals surface area contributed by atoms with Crippen molar-refractivity contribution in [3.63, 3.8) is 0 Å². The zero-order valence-electron chi connectivity index (χ0n) is 18.7. The Morgan fingerprint density at radius 2 is 2.03 bits per heavy atom. The highest BCUT2D eigenvalue weighted by atomic mass is 19.1. The van der Waals surface area contributed by atoms with Crippen molar-refractivity contribution in [2.45, 2.75) is 57.0 Å². The third-order valence-electron chi connectivity index (χ3n) is 7.18. The predicted octanol–water partition coefficient (Wildman–Crippen LogP) is 2.72. The highest BCUT2D eigenvalue weighted by molar-refractivity contribution is 5.99. The van der Waals surface area contributed by atoms with E-state index in [-0.39, 0.29) is 12.5 Å². The number of H-pyrrole nitrogens is 1. The van der Waals surface area contributed by atoms with Gasteiger partial charge in [-0.3, -0.25) is 14.8 Å². The monoisotopic (exact) mass is 442 g/mol. The number of hydrogen-bond acceptors (Lipinski definition) is 5. The summed E-state index contributed by atoms with van der Waals surface area (Å²) in [7, 11) is 0. The number of likely N-dealkylation sites (tertiary alicyclic amines) is 1. The molecule has 1 atom stereocenters. The lowest BCUT2D eigenvalue weighted by molar-refractivity contribution is -0.0712. The summed E-state index contributed by atoms with van der Waals surface area (Å²) >= 11 is 0. The molecule has 1 unspecified atom stereocenters. The Bertz CT molecular complexity index is 976. The molecule has 2 aromatic rings. The largest absolute Gasteiger partial charge is 0.387 e. The van der Waals surface area contributed by atoms with E-state index >= 15 is 0 Å². The molecule has 7 nitrogen and oxygen atoms in total. The Labute approximate surface area is 187 Å². The van der Waals surface area contributed by atoms with Gasteiger partial charge in [0.15, 0.2) is 0 Å². The molecule has 4 heterocycles. The Kier molecular flexibility index (Phi) is 5.55. The number of ether oxygens (including phenoxy) is 1. The molecule has 8 heteroatoms. The minimum absolute atomic E-state index is 0.119. The second-order valence-corrected chi connectivity index (χ2v) is 9.86. The van der Waals surface area contributed by atoms with Crippen molar-refractivity contribution in [2.24, 2.45) is 0 Å². The van der Waals surface area contributed by atoms with Gasteiger partial charge in [-0.2, -0.15) is 5.10 Å². The molecule has 0 radical (unpaired) electrons. The molecule has 2 fully saturated rings. The van der Waals surface area contributed by atoms with E-state index < -0.39 is 11.8 Å². The topological polar surface area (TPSA) is 81.7 Å². The number of hydrogen-bond donors (Lipinski definition) is 2. The van der Waals surface area contributed by atoms with Crippen LogP contribution >= 0.6 is 0 Å². The number of carbonyl (C=O) groups excluding carboxylic acids is 1. The van der Waals surface area contributed by atoms with E-state index in [4.69, 9.17) is 4.74 Å². The van der Waals surface area contributed by atoms with Crippen LogP contribution in [0.5, 0.6) is 0 Å². The van der Waals surface area contributed by atoms with E-state index in [0.29, 0.717) is 24.1 Å². The molecule has 32 heavy (non-hydrogen) atoms. The Morgan fingerprint density at radius 1 is 1.28 bits per heavy atom. The standard InChI is InChI=1S/C24H31FN4O3/c1-24(2,31)22(25)12-29-11-16-9-20(21-3-6-26-27-21)18(10-19(16)23(29)30)15-4-7-28(8-5-15)17-13-32-14-17/h3,6,9-10,15,17,22,31H,4-5,7-8,11-14H2,1-2H3,(H,26,27). The van der Waals surface area contributed by atoms with Gasteiger partial charge in [0.25, 0.3) is 5.91 Å². The number of nitrogens with one attached hydrogen (secondary N) is 1. The third-order valence-corrected chi connectivity index (χ3v) is 7.18. The summed E-state index contributed by atoms with van der Waals surface area (Å²) in [6.45, 7) is 6.78. The number of fused-ring (bicyclic) bond motifs is 1. The van der Waals surface area contributed by atoms with Crippen LogP contribution in [-0.2, 0) is 11.3 Å². The van der Waals surface area contributed by atoms with E-state index in [2.05, 4.69) is 21.2 Å². The first-order chi connectivity index (χ1) is 15.3. The third kappa shape index (κ3) is 3.95. The zero-order chi connectivity index (χ0) is 22.5. The highest BCUT2D eigenvalue weighted by Gasteiger charge is 2.36. The lowest BCUT2D eigenvalue weighted by Gasteiger charge is -2.41. The number of rotatable bonds is 6. The fraction of sp³-hybridized carbons (Fsp3) is 0.583. The van der Waals surface area contributed by atoms with E-state index in [0.717, 1.165) is 61.5 Å². The Hall–Kier alpha value is -2.29. The molecule has 1 aromatic heterocycles. The van der Waals surface area contributed by atoms with Gasteiger partial charge in [0.2, 0.25) is 0 Å². The lowest BCUT2D eigenvalue weighted by atomic mass is 9.83. The second kappa shape index (κ2) is 8.24. The smallest absolute Gasteiger partial charge is 0.254 e. The van der Waals surface area contributed by atoms with Gasteiger partial charge in [-0.25, -0.2) is 4.39 Å². The molecule has 3 aliphatic rings. The van der Waals surface area contributed by atoms with Crippen LogP contribution in [0.15, 0.2) is 24.4 Å². The van der Waals surface area contributed by atoms with Gasteiger partial charge < -0.3 is 14.7 Å². The van der Waals surface area contributed by atoms with Crippen LogP contribution in [0, 0.1) is 0 Å². The van der Waals surface area contributed by atoms with Crippen LogP contribution in [0.25, 0.3) is 11.3 Å². The molecule has 0 bridgehead atoms. The number of nitrogens with zero attached hydrogens (tertiary/aromatic N) is 3. The SMILES string of the molecule is CC(C)(O)C(F)CN1Cc2cc(-c3cc[nH]n3)c(C3CCN(C4COC4)CC3)cc2C1=O. The summed E-state index contributed by atoms with van der Waals surface area (Å²) in [4.78, 5) is 17.1. The maximum atomic E-state index is 14.5. The van der Waals surface area contributed by atoms with Crippen LogP contribution in [0.3, 0.4) is 0 Å². The fourth-order valence-electron chi connectivity index (χ4n) is 4.98. The summed E-state index contributed by atoms with van der Waals surface area (Å²) in [6, 6.07) is 6.57. The molecule has 1 aromatic carbocycles. The van der Waals surface area contributed by atoms with Crippen LogP contribution < -0.4 is 0 Å². The normalized spacial score (nSPS) is 21.6. The molecular formula is C24H31FN4O3. The number of aromatic amines is 1. The first-order valence-electron chi connectivity index (χ1n) is 11.5. The number of aromatic nitrogens is 2. The zero-order valence-corrected chi connectivity index (χ0v) is 18.7. The van der Waals surface area contributed by atoms with E-state index in [9.17, 15) is 14.3 Å². The summed E-state index contributed by atoms with van der Waals surface area (Å²) < 4.78 is 19.8. The van der Waals surface area contributed by atoms with Gasteiger partial charge in [-0.15, -0.1) is 0 Å². The predicted molar refractivity (Wildman–Crippen MR) is 118 cm³/mol. The molecule has 2 N–H and O–H groups in total. The molecule has 0 saturated carbocycles. The van der Waals surface area contributed by atoms with Crippen molar-refractivity contribution >= 4 is 5.91 Å². The minimum atomic E-state index is -1.51. The van der Waals surface area contributed by atoms with Gasteiger partial charge >= 0.3 is 0 Å². The van der Waals surface area contributed by atoms with Crippen molar-refractivity contribution in [3.8, 4) is 11.3 Å². The highest BCUT2D eigenvalue weighted by Crippen LogP contribution is 2.39. The minimum Gasteiger partial charge on any atom is -0.387 e. The maximum absolute atomic E-state index is 14.5. The maximum Gasteiger partial charge on any atom is 0.254 e. The molecule has 0 aliphatic carbocycles. The van der Waals surface area contributed by atoms with Crippen molar-refractivity contribution < 1.29 is 19.0 Å². The molecule has 3 aliphatic heterocycles. The number of alkyl halides is 1. The summed E-state index contributed by atoms with van der Waals surface area (Å²) in [5, 5.41) is 17.3. The van der Waals surface area contributed by atoms with Crippen molar-refractivity contribution in [2.75, 3.05) is 32.8 Å². The lowest BCUT2D eigenvalue weighted by Crippen LogP contribution is -2.51. The Morgan fingerprint density at radius 3 is 2.62 bits per heavy atom. The quantitative estimate of drug-likeness (QED) is 0.719. The molecule has 1 amide bonds. The second-order valence-electron chi connectivity index (χ2n) is 9.86. The summed E-state index contributed by atoms with van der Waals surface area (Å²) in [6.07, 6.45) is 2.34. The molecule has 172 valence electrons. The van der Waals surface area contributed by atoms with Gasteiger partial charge in [0, 0.05) is 23.9 Å². The number of piperidine rings is 1. The molecule has 2 saturated heterocycles. The number of carbonyl (C=O) groups is 1. The Balaban J connectivity index is 1.42. The average Bonchev–Trinajstić information content (AvgIpc) is 3.35. The summed E-state index contributed by atoms with van der Waals surface area (Å²) in [5.41, 5.74) is 3.11. The van der Waals surface area contributed by atoms with Gasteiger partial charge in [0.05, 0.1) is 37.1 Å². The number of halogens is 1. The van der Waals surface area contributed by atoms with E-state index in [1.165, 1.54) is 18.7 Å². The van der Waals surface area contributed by atoms with Crippen molar-refractivity contribution in [1.82, 2.24) is 20.0 Å². The fourth-order valence-corrected chi connectivity index (χ4v) is 4.98. The van der Waals surface area contributed by atoms with Crippen molar-refractivity contribution in [1.29, 1.82) is 0 Å². The van der Waals surface area contributed by atoms with Gasteiger partial charge in [-0.1, -0.05) is 0 Å². The van der Waals surface area contributed by atoms with Crippen molar-refractivity contribution in [3.05, 3.63) is 41.1 Å². The first-order valence-corrected chi connectivity index (χ1v) is 11.5. The molecule has 5 rings (SSSR count). The van der Waals surface area contributed by atoms with E-state index in [1.807, 2.05) is 12.1 Å². The van der Waals surface area contributed by atoms with Gasteiger partial charge in [-0.05, 0) is 75.0 Å². The van der Waals surface area contributed by atoms with Crippen LogP contribution in [0.4, 0.5) is 4.39 Å². The van der Waals surface area contributed by atoms with E-state index in [1.54, 1.807) is 6.20 Å². The molecule has 0 spiro atoms. The number of amides is 1. The molecular weight excluding hydrogens is 411 g/mol. The summed E-state index contributed by atoms with van der Waals surface area (Å²) in [5.74, 6) is 0.183. The van der Waals surface area contributed by atoms with Crippen LogP contribution in [0.2, 0.25) is 0 Å². The van der Waals surface area contributed by atoms with Crippen LogP contribution in [0.1, 0.15) is 54.1 Å². The van der Waals surface area contributed by atoms with Crippen LogP contribution in [-0.4, -0.2) is 81.7 Å². The first kappa shape index (κ1) is 21.6. The number of aliphatic hydroxyl groups is 1. The van der Waals surface area contributed by atoms with Gasteiger partial charge in [0.1, 0.15) is 6.17 Å². The average molecular weight is 443 g/mol. The number of benzene rings is 1.